The number of aromatic nitrogens is 1. The predicted molar refractivity (Wildman–Crippen MR) is 104 cm³/mol. The fourth-order valence-electron chi connectivity index (χ4n) is 2.04. The number of hydrogen-bond acceptors (Lipinski definition) is 3. The highest BCUT2D eigenvalue weighted by molar-refractivity contribution is 9.10. The number of nitrogens with one attached hydrogen (secondary N) is 1. The Balaban J connectivity index is 2.14. The topological polar surface area (TPSA) is 62.3 Å². The molecule has 0 aliphatic carbocycles. The molecule has 0 spiro atoms. The van der Waals surface area contributed by atoms with Gasteiger partial charge in [-0.2, -0.15) is 0 Å². The molecule has 0 aliphatic rings. The molecule has 1 N–H and O–H groups in total. The van der Waals surface area contributed by atoms with E-state index in [2.05, 4.69) is 26.2 Å². The summed E-state index contributed by atoms with van der Waals surface area (Å²) in [4.78, 5) is 30.2. The van der Waals surface area contributed by atoms with Gasteiger partial charge in [0.2, 0.25) is 5.91 Å². The van der Waals surface area contributed by atoms with Crippen LogP contribution in [0.25, 0.3) is 0 Å². The largest absolute Gasteiger partial charge is 0.330 e. The second-order valence-corrected chi connectivity index (χ2v) is 7.04. The molecule has 9 heteroatoms. The number of rotatable bonds is 5. The number of halogens is 4. The summed E-state index contributed by atoms with van der Waals surface area (Å²) in [6.07, 6.45) is 1.49. The van der Waals surface area contributed by atoms with Gasteiger partial charge in [0.05, 0.1) is 21.3 Å². The first-order valence-corrected chi connectivity index (χ1v) is 9.10. The SMILES string of the molecule is CCN(CC(=O)Nc1c(Cl)cccc1Cl)C(=O)c1cc(Br)cnc1Cl. The van der Waals surface area contributed by atoms with Crippen molar-refractivity contribution < 1.29 is 9.59 Å². The molecule has 0 atom stereocenters. The molecule has 2 rings (SSSR count). The van der Waals surface area contributed by atoms with Crippen LogP contribution in [0.4, 0.5) is 5.69 Å². The number of likely N-dealkylation sites (N-methyl/N-ethyl adjacent to an activating group) is 1. The molecule has 0 saturated carbocycles. The first-order chi connectivity index (χ1) is 11.8. The summed E-state index contributed by atoms with van der Waals surface area (Å²) >= 11 is 21.3. The van der Waals surface area contributed by atoms with Crippen molar-refractivity contribution in [3.63, 3.8) is 0 Å². The van der Waals surface area contributed by atoms with E-state index in [1.54, 1.807) is 31.2 Å². The van der Waals surface area contributed by atoms with Crippen LogP contribution in [0.1, 0.15) is 17.3 Å². The summed E-state index contributed by atoms with van der Waals surface area (Å²) in [6, 6.07) is 6.45. The van der Waals surface area contributed by atoms with Crippen molar-refractivity contribution in [2.45, 2.75) is 6.92 Å². The molecule has 1 aromatic carbocycles. The molecule has 2 amide bonds. The van der Waals surface area contributed by atoms with E-state index in [-0.39, 0.29) is 17.3 Å². The molecule has 1 heterocycles. The number of hydrogen-bond donors (Lipinski definition) is 1. The summed E-state index contributed by atoms with van der Waals surface area (Å²) < 4.78 is 0.614. The fraction of sp³-hybridized carbons (Fsp3) is 0.188. The third kappa shape index (κ3) is 5.07. The minimum absolute atomic E-state index is 0.0706. The quantitative estimate of drug-likeness (QED) is 0.639. The fourth-order valence-corrected chi connectivity index (χ4v) is 3.05. The molecule has 25 heavy (non-hydrogen) atoms. The third-order valence-corrected chi connectivity index (χ3v) is 4.63. The molecule has 5 nitrogen and oxygen atoms in total. The van der Waals surface area contributed by atoms with Gasteiger partial charge in [-0.25, -0.2) is 4.98 Å². The Morgan fingerprint density at radius 1 is 1.24 bits per heavy atom. The van der Waals surface area contributed by atoms with Gasteiger partial charge in [-0.3, -0.25) is 9.59 Å². The highest BCUT2D eigenvalue weighted by atomic mass is 79.9. The first kappa shape index (κ1) is 20.0. The highest BCUT2D eigenvalue weighted by Gasteiger charge is 2.21. The predicted octanol–water partition coefficient (Wildman–Crippen LogP) is 4.91. The van der Waals surface area contributed by atoms with E-state index >= 15 is 0 Å². The molecule has 0 saturated heterocycles. The van der Waals surface area contributed by atoms with Gasteiger partial charge in [0.15, 0.2) is 0 Å². The number of carbonyl (C=O) groups is 2. The van der Waals surface area contributed by atoms with Gasteiger partial charge in [-0.1, -0.05) is 40.9 Å². The lowest BCUT2D eigenvalue weighted by atomic mass is 10.2. The van der Waals surface area contributed by atoms with Crippen molar-refractivity contribution in [2.24, 2.45) is 0 Å². The number of carbonyl (C=O) groups excluding carboxylic acids is 2. The van der Waals surface area contributed by atoms with Crippen LogP contribution in [-0.2, 0) is 4.79 Å². The van der Waals surface area contributed by atoms with E-state index in [1.165, 1.54) is 11.1 Å². The second kappa shape index (κ2) is 8.85. The number of pyridine rings is 1. The zero-order valence-electron chi connectivity index (χ0n) is 13.0. The molecular weight excluding hydrogens is 452 g/mol. The lowest BCUT2D eigenvalue weighted by molar-refractivity contribution is -0.116. The van der Waals surface area contributed by atoms with Gasteiger partial charge in [-0.15, -0.1) is 0 Å². The van der Waals surface area contributed by atoms with Crippen LogP contribution in [-0.4, -0.2) is 34.8 Å². The lowest BCUT2D eigenvalue weighted by Crippen LogP contribution is -2.38. The summed E-state index contributed by atoms with van der Waals surface area (Å²) in [7, 11) is 0. The molecule has 0 bridgehead atoms. The summed E-state index contributed by atoms with van der Waals surface area (Å²) in [5, 5.41) is 3.32. The maximum absolute atomic E-state index is 12.6. The smallest absolute Gasteiger partial charge is 0.257 e. The summed E-state index contributed by atoms with van der Waals surface area (Å²) in [6.45, 7) is 1.89. The molecule has 0 unspecified atom stereocenters. The van der Waals surface area contributed by atoms with Crippen LogP contribution < -0.4 is 5.32 Å². The third-order valence-electron chi connectivity index (χ3n) is 3.27. The van der Waals surface area contributed by atoms with Gasteiger partial charge in [-0.05, 0) is 41.1 Å². The van der Waals surface area contributed by atoms with E-state index in [0.717, 1.165) is 0 Å². The monoisotopic (exact) mass is 463 g/mol. The summed E-state index contributed by atoms with van der Waals surface area (Å²) in [5.74, 6) is -0.828. The van der Waals surface area contributed by atoms with Crippen LogP contribution in [0, 0.1) is 0 Å². The van der Waals surface area contributed by atoms with Crippen molar-refractivity contribution in [3.05, 3.63) is 55.7 Å². The van der Waals surface area contributed by atoms with Crippen molar-refractivity contribution in [1.29, 1.82) is 0 Å². The standard InChI is InChI=1S/C16H13BrCl3N3O2/c1-2-23(16(25)10-6-9(17)7-21-15(10)20)8-13(24)22-14-11(18)4-3-5-12(14)19/h3-7H,2,8H2,1H3,(H,22,24). The van der Waals surface area contributed by atoms with Gasteiger partial charge < -0.3 is 10.2 Å². The van der Waals surface area contributed by atoms with Gasteiger partial charge in [0.25, 0.3) is 5.91 Å². The Hall–Kier alpha value is -1.34. The maximum atomic E-state index is 12.6. The normalized spacial score (nSPS) is 10.4. The zero-order chi connectivity index (χ0) is 18.6. The van der Waals surface area contributed by atoms with E-state index in [9.17, 15) is 9.59 Å². The summed E-state index contributed by atoms with van der Waals surface area (Å²) in [5.41, 5.74) is 0.517. The Morgan fingerprint density at radius 3 is 2.48 bits per heavy atom. The molecule has 2 aromatic rings. The lowest BCUT2D eigenvalue weighted by Gasteiger charge is -2.21. The number of amides is 2. The first-order valence-electron chi connectivity index (χ1n) is 7.17. The Labute approximate surface area is 168 Å². The van der Waals surface area contributed by atoms with Crippen molar-refractivity contribution in [1.82, 2.24) is 9.88 Å². The molecule has 132 valence electrons. The number of benzene rings is 1. The van der Waals surface area contributed by atoms with Crippen LogP contribution in [0.3, 0.4) is 0 Å². The Bertz CT molecular complexity index is 797. The van der Waals surface area contributed by atoms with E-state index in [1.807, 2.05) is 0 Å². The minimum Gasteiger partial charge on any atom is -0.330 e. The molecule has 1 aromatic heterocycles. The zero-order valence-corrected chi connectivity index (χ0v) is 16.9. The Morgan fingerprint density at radius 2 is 1.88 bits per heavy atom. The molecule has 0 aliphatic heterocycles. The molecule has 0 radical (unpaired) electrons. The minimum atomic E-state index is -0.427. The highest BCUT2D eigenvalue weighted by Crippen LogP contribution is 2.29. The van der Waals surface area contributed by atoms with E-state index < -0.39 is 11.8 Å². The maximum Gasteiger partial charge on any atom is 0.257 e. The van der Waals surface area contributed by atoms with Crippen molar-refractivity contribution in [2.75, 3.05) is 18.4 Å². The van der Waals surface area contributed by atoms with Crippen LogP contribution in [0.15, 0.2) is 34.9 Å². The molecule has 0 fully saturated rings. The van der Waals surface area contributed by atoms with Crippen LogP contribution >= 0.6 is 50.7 Å². The number of anilines is 1. The van der Waals surface area contributed by atoms with E-state index in [4.69, 9.17) is 34.8 Å². The van der Waals surface area contributed by atoms with E-state index in [0.29, 0.717) is 26.8 Å². The number of para-hydroxylation sites is 1. The average Bonchev–Trinajstić information content (AvgIpc) is 2.57. The van der Waals surface area contributed by atoms with Crippen LogP contribution in [0.5, 0.6) is 0 Å². The van der Waals surface area contributed by atoms with Crippen LogP contribution in [0.2, 0.25) is 15.2 Å². The molecular formula is C16H13BrCl3N3O2. The van der Waals surface area contributed by atoms with Crippen molar-refractivity contribution >= 4 is 68.2 Å². The second-order valence-electron chi connectivity index (χ2n) is 4.96. The van der Waals surface area contributed by atoms with Gasteiger partial charge in [0.1, 0.15) is 11.7 Å². The average molecular weight is 466 g/mol. The van der Waals surface area contributed by atoms with Gasteiger partial charge in [0, 0.05) is 17.2 Å². The number of nitrogens with zero attached hydrogens (tertiary/aromatic N) is 2. The van der Waals surface area contributed by atoms with Gasteiger partial charge >= 0.3 is 0 Å². The van der Waals surface area contributed by atoms with Crippen molar-refractivity contribution in [3.8, 4) is 0 Å². The Kier molecular flexibility index (Phi) is 7.07.